The third kappa shape index (κ3) is 3.45. The van der Waals surface area contributed by atoms with E-state index in [0.29, 0.717) is 11.1 Å². The minimum absolute atomic E-state index is 0.110. The highest BCUT2D eigenvalue weighted by Crippen LogP contribution is 2.24. The summed E-state index contributed by atoms with van der Waals surface area (Å²) in [6, 6.07) is 5.19. The molecule has 1 rings (SSSR count). The van der Waals surface area contributed by atoms with E-state index in [-0.39, 0.29) is 19.6 Å². The fourth-order valence-electron chi connectivity index (χ4n) is 1.79. The van der Waals surface area contributed by atoms with Gasteiger partial charge in [0, 0.05) is 11.5 Å². The maximum absolute atomic E-state index is 10.0. The molecule has 0 spiro atoms. The van der Waals surface area contributed by atoms with Gasteiger partial charge in [-0.05, 0) is 35.6 Å². The summed E-state index contributed by atoms with van der Waals surface area (Å²) in [5.41, 5.74) is 10.2. The normalized spacial score (nSPS) is 13.8. The van der Waals surface area contributed by atoms with Crippen LogP contribution < -0.4 is 0 Å². The summed E-state index contributed by atoms with van der Waals surface area (Å²) in [6.07, 6.45) is -1.86. The number of hydrogen-bond acceptors (Lipinski definition) is 4. The highest BCUT2D eigenvalue weighted by molar-refractivity contribution is 5.35. The molecule has 98 valence electrons. The van der Waals surface area contributed by atoms with Crippen LogP contribution in [0, 0.1) is 6.92 Å². The van der Waals surface area contributed by atoms with Crippen LogP contribution in [-0.2, 0) is 6.61 Å². The average Bonchev–Trinajstić information content (AvgIpc) is 2.38. The second-order valence-corrected chi connectivity index (χ2v) is 4.04. The van der Waals surface area contributed by atoms with Gasteiger partial charge in [-0.15, -0.1) is 0 Å². The van der Waals surface area contributed by atoms with Gasteiger partial charge in [0.2, 0.25) is 0 Å². The largest absolute Gasteiger partial charge is 0.392 e. The highest BCUT2D eigenvalue weighted by Gasteiger charge is 2.20. The lowest BCUT2D eigenvalue weighted by atomic mass is 9.95. The SMILES string of the molecule is Cc1c(CO)cccc1C(O)C(O)CCN=[N+]=[N-]. The van der Waals surface area contributed by atoms with Crippen LogP contribution in [0.2, 0.25) is 0 Å². The molecule has 18 heavy (non-hydrogen) atoms. The van der Waals surface area contributed by atoms with Crippen molar-refractivity contribution in [1.82, 2.24) is 0 Å². The van der Waals surface area contributed by atoms with Gasteiger partial charge in [0.25, 0.3) is 0 Å². The van der Waals surface area contributed by atoms with Crippen molar-refractivity contribution in [2.45, 2.75) is 32.2 Å². The molecule has 6 nitrogen and oxygen atoms in total. The summed E-state index contributed by atoms with van der Waals surface area (Å²) >= 11 is 0. The summed E-state index contributed by atoms with van der Waals surface area (Å²) in [4.78, 5) is 2.58. The van der Waals surface area contributed by atoms with Crippen molar-refractivity contribution in [3.63, 3.8) is 0 Å². The minimum atomic E-state index is -1.05. The van der Waals surface area contributed by atoms with E-state index in [1.807, 2.05) is 0 Å². The monoisotopic (exact) mass is 251 g/mol. The smallest absolute Gasteiger partial charge is 0.105 e. The molecular formula is C12H17N3O3. The quantitative estimate of drug-likeness (QED) is 0.405. The van der Waals surface area contributed by atoms with Gasteiger partial charge in [-0.3, -0.25) is 0 Å². The van der Waals surface area contributed by atoms with Crippen molar-refractivity contribution < 1.29 is 15.3 Å². The van der Waals surface area contributed by atoms with Crippen LogP contribution in [0.25, 0.3) is 10.4 Å². The number of azide groups is 1. The summed E-state index contributed by atoms with van der Waals surface area (Å²) in [6.45, 7) is 1.80. The molecule has 0 aromatic heterocycles. The van der Waals surface area contributed by atoms with E-state index >= 15 is 0 Å². The Balaban J connectivity index is 2.82. The van der Waals surface area contributed by atoms with Crippen LogP contribution in [0.4, 0.5) is 0 Å². The Hall–Kier alpha value is -1.59. The van der Waals surface area contributed by atoms with Crippen molar-refractivity contribution in [3.8, 4) is 0 Å². The van der Waals surface area contributed by atoms with E-state index in [9.17, 15) is 10.2 Å². The topological polar surface area (TPSA) is 109 Å². The molecule has 0 bridgehead atoms. The summed E-state index contributed by atoms with van der Waals surface area (Å²) in [5, 5.41) is 32.3. The first-order chi connectivity index (χ1) is 8.61. The molecule has 0 heterocycles. The Labute approximate surface area is 105 Å². The van der Waals surface area contributed by atoms with Crippen molar-refractivity contribution in [1.29, 1.82) is 0 Å². The number of nitrogens with zero attached hydrogens (tertiary/aromatic N) is 3. The zero-order valence-corrected chi connectivity index (χ0v) is 10.2. The summed E-state index contributed by atoms with van der Waals surface area (Å²) in [7, 11) is 0. The first kappa shape index (κ1) is 14.5. The molecule has 0 amide bonds. The van der Waals surface area contributed by atoms with Crippen molar-refractivity contribution in [2.24, 2.45) is 5.11 Å². The zero-order chi connectivity index (χ0) is 13.5. The van der Waals surface area contributed by atoms with E-state index < -0.39 is 12.2 Å². The molecule has 0 aliphatic rings. The van der Waals surface area contributed by atoms with Crippen LogP contribution in [0.1, 0.15) is 29.2 Å². The van der Waals surface area contributed by atoms with E-state index in [1.165, 1.54) is 0 Å². The highest BCUT2D eigenvalue weighted by atomic mass is 16.3. The Morgan fingerprint density at radius 1 is 1.39 bits per heavy atom. The third-order valence-corrected chi connectivity index (χ3v) is 2.93. The fraction of sp³-hybridized carbons (Fsp3) is 0.500. The van der Waals surface area contributed by atoms with Crippen LogP contribution >= 0.6 is 0 Å². The van der Waals surface area contributed by atoms with Crippen LogP contribution in [0.15, 0.2) is 23.3 Å². The molecule has 6 heteroatoms. The predicted molar refractivity (Wildman–Crippen MR) is 66.7 cm³/mol. The third-order valence-electron chi connectivity index (χ3n) is 2.93. The molecule has 2 atom stereocenters. The predicted octanol–water partition coefficient (Wildman–Crippen LogP) is 1.58. The zero-order valence-electron chi connectivity index (χ0n) is 10.2. The molecule has 0 fully saturated rings. The van der Waals surface area contributed by atoms with Gasteiger partial charge in [-0.1, -0.05) is 23.3 Å². The van der Waals surface area contributed by atoms with Crippen LogP contribution in [-0.4, -0.2) is 28.0 Å². The number of hydrogen-bond donors (Lipinski definition) is 3. The fourth-order valence-corrected chi connectivity index (χ4v) is 1.79. The van der Waals surface area contributed by atoms with Crippen LogP contribution in [0.3, 0.4) is 0 Å². The second-order valence-electron chi connectivity index (χ2n) is 4.04. The first-order valence-corrected chi connectivity index (χ1v) is 5.68. The van der Waals surface area contributed by atoms with E-state index in [4.69, 9.17) is 10.6 Å². The molecule has 1 aromatic carbocycles. The minimum Gasteiger partial charge on any atom is -0.392 e. The van der Waals surface area contributed by atoms with Crippen molar-refractivity contribution >= 4 is 0 Å². The molecular weight excluding hydrogens is 234 g/mol. The molecule has 0 saturated carbocycles. The van der Waals surface area contributed by atoms with Gasteiger partial charge < -0.3 is 15.3 Å². The van der Waals surface area contributed by atoms with E-state index in [1.54, 1.807) is 25.1 Å². The number of benzene rings is 1. The Kier molecular flexibility index (Phi) is 5.61. The van der Waals surface area contributed by atoms with Gasteiger partial charge in [-0.2, -0.15) is 0 Å². The second kappa shape index (κ2) is 6.98. The average molecular weight is 251 g/mol. The molecule has 0 radical (unpaired) electrons. The lowest BCUT2D eigenvalue weighted by molar-refractivity contribution is 0.0146. The first-order valence-electron chi connectivity index (χ1n) is 5.68. The van der Waals surface area contributed by atoms with E-state index in [0.717, 1.165) is 5.56 Å². The molecule has 3 N–H and O–H groups in total. The van der Waals surface area contributed by atoms with Gasteiger partial charge in [0.1, 0.15) is 6.10 Å². The molecule has 0 aliphatic carbocycles. The lowest BCUT2D eigenvalue weighted by Gasteiger charge is -2.20. The Morgan fingerprint density at radius 2 is 2.11 bits per heavy atom. The van der Waals surface area contributed by atoms with Crippen molar-refractivity contribution in [3.05, 3.63) is 45.3 Å². The van der Waals surface area contributed by atoms with Crippen LogP contribution in [0.5, 0.6) is 0 Å². The Bertz CT molecular complexity index is 444. The van der Waals surface area contributed by atoms with Gasteiger partial charge >= 0.3 is 0 Å². The standard InChI is InChI=1S/C12H17N3O3/c1-8-9(7-16)3-2-4-10(8)12(18)11(17)5-6-14-15-13/h2-4,11-12,16-18H,5-7H2,1H3. The maximum atomic E-state index is 10.0. The van der Waals surface area contributed by atoms with E-state index in [2.05, 4.69) is 10.0 Å². The molecule has 2 unspecified atom stereocenters. The number of rotatable bonds is 6. The Morgan fingerprint density at radius 3 is 2.72 bits per heavy atom. The summed E-state index contributed by atoms with van der Waals surface area (Å²) < 4.78 is 0. The molecule has 0 aliphatic heterocycles. The number of aliphatic hydroxyl groups is 3. The maximum Gasteiger partial charge on any atom is 0.105 e. The van der Waals surface area contributed by atoms with Gasteiger partial charge in [-0.25, -0.2) is 0 Å². The van der Waals surface area contributed by atoms with Gasteiger partial charge in [0.15, 0.2) is 0 Å². The molecule has 1 aromatic rings. The van der Waals surface area contributed by atoms with Crippen molar-refractivity contribution in [2.75, 3.05) is 6.54 Å². The van der Waals surface area contributed by atoms with Gasteiger partial charge in [0.05, 0.1) is 12.7 Å². The summed E-state index contributed by atoms with van der Waals surface area (Å²) in [5.74, 6) is 0. The lowest BCUT2D eigenvalue weighted by Crippen LogP contribution is -2.20. The number of aliphatic hydroxyl groups excluding tert-OH is 3. The molecule has 0 saturated heterocycles.